The first-order chi connectivity index (χ1) is 8.45. The maximum Gasteiger partial charge on any atom is 0.0714 e. The summed E-state index contributed by atoms with van der Waals surface area (Å²) in [4.78, 5) is 1.89. The average molecular weight is 266 g/mol. The van der Waals surface area contributed by atoms with Crippen molar-refractivity contribution in [3.63, 3.8) is 0 Å². The van der Waals surface area contributed by atoms with Crippen molar-refractivity contribution in [3.05, 3.63) is 60.7 Å². The fraction of sp³-hybridized carbons (Fsp3) is 0. The minimum atomic E-state index is 0.945. The fourth-order valence-corrected chi connectivity index (χ4v) is 1.91. The lowest BCUT2D eigenvalue weighted by molar-refractivity contribution is -0.396. The molecule has 2 rings (SSSR count). The van der Waals surface area contributed by atoms with E-state index in [9.17, 15) is 0 Å². The Morgan fingerprint density at radius 1 is 0.588 bits per heavy atom. The van der Waals surface area contributed by atoms with E-state index >= 15 is 0 Å². The molecular formula is C12H10O3S2. The Kier molecular flexibility index (Phi) is 5.41. The van der Waals surface area contributed by atoms with Crippen LogP contribution in [0.4, 0.5) is 0 Å². The predicted octanol–water partition coefficient (Wildman–Crippen LogP) is 4.28. The van der Waals surface area contributed by atoms with Gasteiger partial charge in [0.05, 0.1) is 24.1 Å². The van der Waals surface area contributed by atoms with Gasteiger partial charge >= 0.3 is 0 Å². The van der Waals surface area contributed by atoms with Gasteiger partial charge in [-0.3, -0.25) is 0 Å². The first kappa shape index (κ1) is 12.5. The molecule has 0 aliphatic carbocycles. The lowest BCUT2D eigenvalue weighted by Gasteiger charge is -2.00. The lowest BCUT2D eigenvalue weighted by Crippen LogP contribution is -1.83. The van der Waals surface area contributed by atoms with Crippen LogP contribution in [0.15, 0.2) is 70.5 Å². The van der Waals surface area contributed by atoms with Crippen LogP contribution in [0.3, 0.4) is 0 Å². The second kappa shape index (κ2) is 7.37. The maximum atomic E-state index is 4.82. The lowest BCUT2D eigenvalue weighted by atomic mass is 10.4. The maximum absolute atomic E-state index is 4.82. The van der Waals surface area contributed by atoms with Gasteiger partial charge in [0, 0.05) is 9.79 Å². The third kappa shape index (κ3) is 4.80. The van der Waals surface area contributed by atoms with Crippen LogP contribution >= 0.6 is 24.1 Å². The summed E-state index contributed by atoms with van der Waals surface area (Å²) in [6, 6.07) is 19.2. The van der Waals surface area contributed by atoms with Crippen molar-refractivity contribution in [2.45, 2.75) is 9.79 Å². The van der Waals surface area contributed by atoms with Gasteiger partial charge in [-0.05, 0) is 29.3 Å². The van der Waals surface area contributed by atoms with Crippen molar-refractivity contribution >= 4 is 24.1 Å². The largest absolute Gasteiger partial charge is 0.126 e. The van der Waals surface area contributed by atoms with Crippen molar-refractivity contribution in [1.82, 2.24) is 0 Å². The highest BCUT2D eigenvalue weighted by Gasteiger charge is 1.97. The van der Waals surface area contributed by atoms with Crippen LogP contribution < -0.4 is 0 Å². The summed E-state index contributed by atoms with van der Waals surface area (Å²) >= 11 is 2.19. The van der Waals surface area contributed by atoms with E-state index in [-0.39, 0.29) is 0 Å². The normalized spacial score (nSPS) is 10.4. The zero-order chi connectivity index (χ0) is 11.8. The van der Waals surface area contributed by atoms with Crippen molar-refractivity contribution in [2.75, 3.05) is 0 Å². The van der Waals surface area contributed by atoms with Gasteiger partial charge in [0.25, 0.3) is 0 Å². The molecular weight excluding hydrogens is 256 g/mol. The van der Waals surface area contributed by atoms with E-state index in [1.54, 1.807) is 0 Å². The monoisotopic (exact) mass is 266 g/mol. The molecule has 0 fully saturated rings. The standard InChI is InChI=1S/C12H10O3S2/c1-3-7-11(8-4-1)16-14-13-15-17-12-9-5-2-6-10-12/h1-10H. The van der Waals surface area contributed by atoms with Crippen molar-refractivity contribution < 1.29 is 13.7 Å². The van der Waals surface area contributed by atoms with E-state index in [0.717, 1.165) is 33.9 Å². The molecule has 0 aliphatic rings. The van der Waals surface area contributed by atoms with Gasteiger partial charge in [-0.1, -0.05) is 36.4 Å². The molecule has 0 unspecified atom stereocenters. The van der Waals surface area contributed by atoms with Gasteiger partial charge in [-0.15, -0.1) is 8.67 Å². The molecule has 5 heteroatoms. The summed E-state index contributed by atoms with van der Waals surface area (Å²) in [7, 11) is 0. The fourth-order valence-electron chi connectivity index (χ4n) is 1.07. The molecule has 17 heavy (non-hydrogen) atoms. The van der Waals surface area contributed by atoms with E-state index in [1.165, 1.54) is 0 Å². The molecule has 0 atom stereocenters. The van der Waals surface area contributed by atoms with Gasteiger partial charge in [0.1, 0.15) is 0 Å². The van der Waals surface area contributed by atoms with Gasteiger partial charge < -0.3 is 0 Å². The Balaban J connectivity index is 1.61. The molecule has 0 spiro atoms. The molecule has 0 saturated heterocycles. The molecule has 0 N–H and O–H groups in total. The highest BCUT2D eigenvalue weighted by molar-refractivity contribution is 7.95. The Bertz CT molecular complexity index is 381. The highest BCUT2D eigenvalue weighted by Crippen LogP contribution is 2.22. The van der Waals surface area contributed by atoms with Crippen molar-refractivity contribution in [1.29, 1.82) is 0 Å². The van der Waals surface area contributed by atoms with E-state index in [1.807, 2.05) is 60.7 Å². The van der Waals surface area contributed by atoms with Crippen molar-refractivity contribution in [3.8, 4) is 0 Å². The molecule has 0 aromatic heterocycles. The van der Waals surface area contributed by atoms with Crippen LogP contribution in [-0.4, -0.2) is 0 Å². The summed E-state index contributed by atoms with van der Waals surface area (Å²) in [5.41, 5.74) is 0. The SMILES string of the molecule is c1ccc(SOOOSc2ccccc2)cc1. The molecule has 0 bridgehead atoms. The second-order valence-corrected chi connectivity index (χ2v) is 4.55. The van der Waals surface area contributed by atoms with Crippen LogP contribution in [0.25, 0.3) is 0 Å². The van der Waals surface area contributed by atoms with Crippen LogP contribution in [0, 0.1) is 0 Å². The molecule has 0 saturated carbocycles. The quantitative estimate of drug-likeness (QED) is 0.337. The van der Waals surface area contributed by atoms with Crippen molar-refractivity contribution in [2.24, 2.45) is 0 Å². The molecule has 3 nitrogen and oxygen atoms in total. The van der Waals surface area contributed by atoms with E-state index < -0.39 is 0 Å². The highest BCUT2D eigenvalue weighted by atomic mass is 32.2. The Morgan fingerprint density at radius 2 is 1.00 bits per heavy atom. The topological polar surface area (TPSA) is 27.7 Å². The van der Waals surface area contributed by atoms with E-state index in [4.69, 9.17) is 8.67 Å². The Hall–Kier alpha value is -0.980. The second-order valence-electron chi connectivity index (χ2n) is 3.00. The number of hydrogen-bond donors (Lipinski definition) is 0. The molecule has 0 radical (unpaired) electrons. The summed E-state index contributed by atoms with van der Waals surface area (Å²) < 4.78 is 9.63. The van der Waals surface area contributed by atoms with Gasteiger partial charge in [-0.25, -0.2) is 0 Å². The zero-order valence-electron chi connectivity index (χ0n) is 8.81. The smallest absolute Gasteiger partial charge is 0.0714 e. The molecule has 88 valence electrons. The van der Waals surface area contributed by atoms with Crippen LogP contribution in [0.2, 0.25) is 0 Å². The van der Waals surface area contributed by atoms with Gasteiger partial charge in [0.15, 0.2) is 0 Å². The van der Waals surface area contributed by atoms with Crippen LogP contribution in [0.1, 0.15) is 0 Å². The third-order valence-corrected chi connectivity index (χ3v) is 2.98. The van der Waals surface area contributed by atoms with Gasteiger partial charge in [0.2, 0.25) is 0 Å². The van der Waals surface area contributed by atoms with Crippen LogP contribution in [-0.2, 0) is 13.7 Å². The number of rotatable bonds is 6. The summed E-state index contributed by atoms with van der Waals surface area (Å²) in [6.07, 6.45) is 0. The van der Waals surface area contributed by atoms with E-state index in [2.05, 4.69) is 5.04 Å². The number of benzene rings is 2. The molecule has 2 aromatic rings. The molecule has 0 heterocycles. The minimum Gasteiger partial charge on any atom is -0.126 e. The Labute approximate surface area is 108 Å². The first-order valence-corrected chi connectivity index (χ1v) is 6.38. The predicted molar refractivity (Wildman–Crippen MR) is 67.9 cm³/mol. The zero-order valence-corrected chi connectivity index (χ0v) is 10.4. The molecule has 0 aliphatic heterocycles. The van der Waals surface area contributed by atoms with Gasteiger partial charge in [-0.2, -0.15) is 0 Å². The summed E-state index contributed by atoms with van der Waals surface area (Å²) in [6.45, 7) is 0. The Morgan fingerprint density at radius 3 is 1.41 bits per heavy atom. The number of hydrogen-bond acceptors (Lipinski definition) is 5. The molecule has 0 amide bonds. The third-order valence-electron chi connectivity index (χ3n) is 1.80. The first-order valence-electron chi connectivity index (χ1n) is 4.90. The average Bonchev–Trinajstić information content (AvgIpc) is 2.41. The molecule has 2 aromatic carbocycles. The van der Waals surface area contributed by atoms with E-state index in [0.29, 0.717) is 0 Å². The minimum absolute atomic E-state index is 0.945. The van der Waals surface area contributed by atoms with Crippen LogP contribution in [0.5, 0.6) is 0 Å². The summed E-state index contributed by atoms with van der Waals surface area (Å²) in [5.74, 6) is 0. The summed E-state index contributed by atoms with van der Waals surface area (Å²) in [5, 5.41) is 4.57.